The maximum Gasteiger partial charge on any atom is 0.319 e. The third-order valence-corrected chi connectivity index (χ3v) is 6.05. The summed E-state index contributed by atoms with van der Waals surface area (Å²) in [6, 6.07) is 13.7. The molecule has 0 atom stereocenters. The lowest BCUT2D eigenvalue weighted by molar-refractivity contribution is 0.246. The Morgan fingerprint density at radius 3 is 2.62 bits per heavy atom. The lowest BCUT2D eigenvalue weighted by Gasteiger charge is -2.33. The number of rotatable bonds is 5. The molecule has 0 bridgehead atoms. The van der Waals surface area contributed by atoms with Crippen molar-refractivity contribution in [3.63, 3.8) is 0 Å². The van der Waals surface area contributed by atoms with E-state index in [0.29, 0.717) is 25.5 Å². The number of fused-ring (bicyclic) bond motifs is 1. The number of aryl methyl sites for hydroxylation is 3. The van der Waals surface area contributed by atoms with Crippen LogP contribution in [0.4, 0.5) is 16.3 Å². The Balaban J connectivity index is 1.43. The monoisotopic (exact) mass is 433 g/mol. The molecule has 7 nitrogen and oxygen atoms in total. The van der Waals surface area contributed by atoms with E-state index in [1.165, 1.54) is 0 Å². The smallest absolute Gasteiger partial charge is 0.319 e. The average molecular weight is 434 g/mol. The minimum Gasteiger partial charge on any atom is -0.352 e. The second kappa shape index (κ2) is 9.42. The zero-order valence-corrected chi connectivity index (χ0v) is 19.0. The van der Waals surface area contributed by atoms with Gasteiger partial charge < -0.3 is 20.1 Å². The lowest BCUT2D eigenvalue weighted by Crippen LogP contribution is -2.47. The zero-order valence-electron chi connectivity index (χ0n) is 19.0. The third kappa shape index (κ3) is 4.61. The van der Waals surface area contributed by atoms with Crippen molar-refractivity contribution < 1.29 is 4.79 Å². The zero-order chi connectivity index (χ0) is 22.7. The number of nitrogens with zero attached hydrogens (tertiary/aromatic N) is 3. The van der Waals surface area contributed by atoms with Crippen LogP contribution in [-0.4, -0.2) is 34.7 Å². The molecule has 2 amide bonds. The van der Waals surface area contributed by atoms with Crippen LogP contribution in [0.2, 0.25) is 0 Å². The standard InChI is InChI=1S/C25H31N5O2/c1-4-13-30-22-8-6-5-7-20(22)27-23(24(30)31)29-14-11-19(12-15-29)26-25(32)28-21-16-17(2)9-10-18(21)3/h5-10,16,19H,4,11-15H2,1-3H3,(H2,26,28,32). The van der Waals surface area contributed by atoms with Gasteiger partial charge in [0.25, 0.3) is 5.56 Å². The van der Waals surface area contributed by atoms with Crippen LogP contribution in [0.25, 0.3) is 11.0 Å². The quantitative estimate of drug-likeness (QED) is 0.632. The predicted molar refractivity (Wildman–Crippen MR) is 130 cm³/mol. The van der Waals surface area contributed by atoms with Crippen molar-refractivity contribution in [2.75, 3.05) is 23.3 Å². The van der Waals surface area contributed by atoms with Crippen LogP contribution in [0.15, 0.2) is 47.3 Å². The van der Waals surface area contributed by atoms with Crippen LogP contribution in [0.5, 0.6) is 0 Å². The Kier molecular flexibility index (Phi) is 6.44. The molecule has 1 saturated heterocycles. The molecule has 1 fully saturated rings. The highest BCUT2D eigenvalue weighted by Crippen LogP contribution is 2.20. The van der Waals surface area contributed by atoms with Crippen molar-refractivity contribution in [3.05, 3.63) is 63.9 Å². The van der Waals surface area contributed by atoms with E-state index in [1.807, 2.05) is 60.9 Å². The minimum atomic E-state index is -0.189. The second-order valence-corrected chi connectivity index (χ2v) is 8.56. The normalized spacial score (nSPS) is 14.5. The maximum atomic E-state index is 13.2. The van der Waals surface area contributed by atoms with E-state index in [4.69, 9.17) is 4.98 Å². The molecule has 32 heavy (non-hydrogen) atoms. The van der Waals surface area contributed by atoms with E-state index in [0.717, 1.165) is 47.1 Å². The first-order chi connectivity index (χ1) is 15.5. The number of piperidine rings is 1. The number of carbonyl (C=O) groups is 1. The van der Waals surface area contributed by atoms with Gasteiger partial charge in [0.05, 0.1) is 11.0 Å². The van der Waals surface area contributed by atoms with Gasteiger partial charge in [0.1, 0.15) is 0 Å². The molecule has 2 N–H and O–H groups in total. The van der Waals surface area contributed by atoms with Crippen molar-refractivity contribution in [2.24, 2.45) is 0 Å². The summed E-state index contributed by atoms with van der Waals surface area (Å²) >= 11 is 0. The second-order valence-electron chi connectivity index (χ2n) is 8.56. The topological polar surface area (TPSA) is 79.3 Å². The number of para-hydroxylation sites is 2. The fourth-order valence-electron chi connectivity index (χ4n) is 4.28. The summed E-state index contributed by atoms with van der Waals surface area (Å²) in [5, 5.41) is 6.04. The van der Waals surface area contributed by atoms with Gasteiger partial charge in [-0.05, 0) is 62.4 Å². The fraction of sp³-hybridized carbons (Fsp3) is 0.400. The van der Waals surface area contributed by atoms with Crippen LogP contribution < -0.4 is 21.1 Å². The minimum absolute atomic E-state index is 0.0374. The molecular formula is C25H31N5O2. The van der Waals surface area contributed by atoms with Crippen molar-refractivity contribution in [1.29, 1.82) is 0 Å². The maximum absolute atomic E-state index is 13.2. The van der Waals surface area contributed by atoms with E-state index in [2.05, 4.69) is 22.5 Å². The molecule has 2 aromatic carbocycles. The van der Waals surface area contributed by atoms with Crippen LogP contribution in [0.3, 0.4) is 0 Å². The van der Waals surface area contributed by atoms with Gasteiger partial charge in [0.2, 0.25) is 0 Å². The van der Waals surface area contributed by atoms with Crippen molar-refractivity contribution >= 4 is 28.6 Å². The molecule has 0 spiro atoms. The van der Waals surface area contributed by atoms with Crippen LogP contribution in [0, 0.1) is 13.8 Å². The molecule has 0 saturated carbocycles. The number of aromatic nitrogens is 2. The summed E-state index contributed by atoms with van der Waals surface area (Å²) in [5.41, 5.74) is 4.65. The number of amides is 2. The summed E-state index contributed by atoms with van der Waals surface area (Å²) in [5.74, 6) is 0.510. The highest BCUT2D eigenvalue weighted by molar-refractivity contribution is 5.90. The van der Waals surface area contributed by atoms with E-state index in [1.54, 1.807) is 0 Å². The first-order valence-electron chi connectivity index (χ1n) is 11.4. The Morgan fingerprint density at radius 2 is 1.88 bits per heavy atom. The number of nitrogens with one attached hydrogen (secondary N) is 2. The average Bonchev–Trinajstić information content (AvgIpc) is 2.78. The van der Waals surface area contributed by atoms with Gasteiger partial charge in [-0.1, -0.05) is 31.2 Å². The van der Waals surface area contributed by atoms with Crippen molar-refractivity contribution in [1.82, 2.24) is 14.9 Å². The number of benzene rings is 2. The molecule has 1 aromatic heterocycles. The van der Waals surface area contributed by atoms with Gasteiger partial charge in [-0.2, -0.15) is 0 Å². The fourth-order valence-corrected chi connectivity index (χ4v) is 4.28. The predicted octanol–water partition coefficient (Wildman–Crippen LogP) is 4.21. The van der Waals surface area contributed by atoms with Crippen LogP contribution in [-0.2, 0) is 6.54 Å². The summed E-state index contributed by atoms with van der Waals surface area (Å²) < 4.78 is 1.83. The largest absolute Gasteiger partial charge is 0.352 e. The summed E-state index contributed by atoms with van der Waals surface area (Å²) in [4.78, 5) is 32.4. The van der Waals surface area contributed by atoms with E-state index in [9.17, 15) is 9.59 Å². The Hall–Kier alpha value is -3.35. The molecule has 7 heteroatoms. The molecule has 1 aliphatic heterocycles. The molecule has 168 valence electrons. The summed E-state index contributed by atoms with van der Waals surface area (Å²) in [7, 11) is 0. The SMILES string of the molecule is CCCn1c(=O)c(N2CCC(NC(=O)Nc3cc(C)ccc3C)CC2)nc2ccccc21. The molecule has 2 heterocycles. The van der Waals surface area contributed by atoms with Crippen LogP contribution >= 0.6 is 0 Å². The number of hydrogen-bond donors (Lipinski definition) is 2. The van der Waals surface area contributed by atoms with E-state index < -0.39 is 0 Å². The van der Waals surface area contributed by atoms with Gasteiger partial charge in [0.15, 0.2) is 5.82 Å². The van der Waals surface area contributed by atoms with E-state index >= 15 is 0 Å². The number of carbonyl (C=O) groups excluding carboxylic acids is 1. The van der Waals surface area contributed by atoms with Crippen molar-refractivity contribution in [3.8, 4) is 0 Å². The van der Waals surface area contributed by atoms with E-state index in [-0.39, 0.29) is 17.6 Å². The lowest BCUT2D eigenvalue weighted by atomic mass is 10.1. The first-order valence-corrected chi connectivity index (χ1v) is 11.4. The number of urea groups is 1. The highest BCUT2D eigenvalue weighted by Gasteiger charge is 2.24. The molecule has 0 unspecified atom stereocenters. The van der Waals surface area contributed by atoms with Gasteiger partial charge in [-0.15, -0.1) is 0 Å². The van der Waals surface area contributed by atoms with Gasteiger partial charge in [-0.3, -0.25) is 4.79 Å². The first kappa shape index (κ1) is 21.9. The van der Waals surface area contributed by atoms with Gasteiger partial charge in [0, 0.05) is 31.4 Å². The molecule has 3 aromatic rings. The molecule has 0 radical (unpaired) electrons. The molecule has 4 rings (SSSR count). The summed E-state index contributed by atoms with van der Waals surface area (Å²) in [6.07, 6.45) is 2.42. The van der Waals surface area contributed by atoms with Gasteiger partial charge >= 0.3 is 6.03 Å². The third-order valence-electron chi connectivity index (χ3n) is 6.05. The molecule has 1 aliphatic rings. The van der Waals surface area contributed by atoms with Crippen molar-refractivity contribution in [2.45, 2.75) is 52.6 Å². The number of anilines is 2. The van der Waals surface area contributed by atoms with Gasteiger partial charge in [-0.25, -0.2) is 9.78 Å². The van der Waals surface area contributed by atoms with Crippen LogP contribution in [0.1, 0.15) is 37.3 Å². The summed E-state index contributed by atoms with van der Waals surface area (Å²) in [6.45, 7) is 8.10. The Labute approximate surface area is 188 Å². The Morgan fingerprint density at radius 1 is 1.12 bits per heavy atom. The Bertz CT molecular complexity index is 1180. The molecular weight excluding hydrogens is 402 g/mol. The molecule has 0 aliphatic carbocycles. The number of hydrogen-bond acceptors (Lipinski definition) is 4. The highest BCUT2D eigenvalue weighted by atomic mass is 16.2.